The fourth-order valence-corrected chi connectivity index (χ4v) is 18.9. The molecule has 5 heteroatoms. The minimum atomic E-state index is 0. The van der Waals surface area contributed by atoms with Crippen molar-refractivity contribution in [3.63, 3.8) is 0 Å². The fourth-order valence-electron chi connectivity index (χ4n) is 18.9. The number of unbranched alkanes of at least 4 members (excludes halogenated alkanes) is 2. The largest absolute Gasteiger partial charge is 0.501 e. The van der Waals surface area contributed by atoms with E-state index in [2.05, 4.69) is 94.5 Å². The van der Waals surface area contributed by atoms with Crippen molar-refractivity contribution in [1.29, 1.82) is 0 Å². The number of hydrogen-bond donors (Lipinski definition) is 0. The van der Waals surface area contributed by atoms with Gasteiger partial charge in [-0.3, -0.25) is 0 Å². The van der Waals surface area contributed by atoms with Crippen LogP contribution in [0.4, 0.5) is 0 Å². The van der Waals surface area contributed by atoms with Crippen LogP contribution in [-0.2, 0) is 33.5 Å². The summed E-state index contributed by atoms with van der Waals surface area (Å²) < 4.78 is 26.7. The first-order valence-corrected chi connectivity index (χ1v) is 34.5. The van der Waals surface area contributed by atoms with Gasteiger partial charge in [0.15, 0.2) is 0 Å². The van der Waals surface area contributed by atoms with E-state index in [9.17, 15) is 0 Å². The Morgan fingerprint density at radius 3 is 1.44 bits per heavy atom. The zero-order valence-electron chi connectivity index (χ0n) is 54.4. The lowest BCUT2D eigenvalue weighted by atomic mass is 9.54. The van der Waals surface area contributed by atoms with Crippen LogP contribution in [0, 0.1) is 40.4 Å². The summed E-state index contributed by atoms with van der Waals surface area (Å²) in [6.07, 6.45) is 56.6. The fraction of sp³-hybridized carbons (Fsp3) is 0.650. The molecule has 466 valence electrons. The van der Waals surface area contributed by atoms with E-state index >= 15 is 0 Å². The lowest BCUT2D eigenvalue weighted by Gasteiger charge is -2.51. The van der Waals surface area contributed by atoms with Gasteiger partial charge in [-0.15, -0.1) is 0 Å². The molecule has 4 fully saturated rings. The molecule has 0 aromatic heterocycles. The first-order valence-electron chi connectivity index (χ1n) is 34.5. The second-order valence-electron chi connectivity index (χ2n) is 28.0. The molecule has 85 heavy (non-hydrogen) atoms. The van der Waals surface area contributed by atoms with Gasteiger partial charge in [-0.1, -0.05) is 117 Å². The Bertz CT molecular complexity index is 2790. The van der Waals surface area contributed by atoms with Gasteiger partial charge in [-0.05, 0) is 297 Å². The van der Waals surface area contributed by atoms with Crippen molar-refractivity contribution in [2.24, 2.45) is 40.4 Å². The lowest BCUT2D eigenvalue weighted by Crippen LogP contribution is -2.41. The standard InChI is InChI=1S/C23H34O.C23H32O.2C11H16O.C11H14O.CH4/c2*1-4-5-6-17-8-12-22-21-10-7-16-15-18(24-3)9-11-19(16)20(21)13-14-23(17,22)2;3*1-12-11-7-6-9-4-2-3-5-10(9)8-11;/h6,9,20-22H,4-5,7-8,10-15H2,1-3H3;6,9,11,15,20-22H,4-5,7-8,10,12-14H2,1-3H3;2*7H,2-6,8H2,1H3;6-8H,2-5H2,1H3;1H4/b2*17-6-;;;;/t2*20?,21?,22?,23-;;;;/m11..../s1. The van der Waals surface area contributed by atoms with Crippen LogP contribution in [0.25, 0.3) is 0 Å². The van der Waals surface area contributed by atoms with E-state index in [1.54, 1.807) is 73.0 Å². The van der Waals surface area contributed by atoms with Crippen molar-refractivity contribution >= 4 is 0 Å². The van der Waals surface area contributed by atoms with Gasteiger partial charge < -0.3 is 23.7 Å². The number of ether oxygens (including phenoxy) is 5. The Labute approximate surface area is 518 Å². The van der Waals surface area contributed by atoms with E-state index < -0.39 is 0 Å². The average Bonchev–Trinajstić information content (AvgIpc) is 3.54. The summed E-state index contributed by atoms with van der Waals surface area (Å²) >= 11 is 0. The third-order valence-corrected chi connectivity index (χ3v) is 23.7. The molecule has 0 aliphatic heterocycles. The van der Waals surface area contributed by atoms with E-state index in [0.29, 0.717) is 10.8 Å². The van der Waals surface area contributed by atoms with Crippen LogP contribution >= 0.6 is 0 Å². The van der Waals surface area contributed by atoms with E-state index in [4.69, 9.17) is 23.7 Å². The third-order valence-electron chi connectivity index (χ3n) is 23.7. The Balaban J connectivity index is 0.000000132. The second-order valence-corrected chi connectivity index (χ2v) is 28.0. The Kier molecular flexibility index (Phi) is 23.3. The van der Waals surface area contributed by atoms with Gasteiger partial charge >= 0.3 is 0 Å². The van der Waals surface area contributed by atoms with E-state index in [1.165, 1.54) is 215 Å². The highest BCUT2D eigenvalue weighted by atomic mass is 16.5. The predicted octanol–water partition coefficient (Wildman–Crippen LogP) is 22.4. The summed E-state index contributed by atoms with van der Waals surface area (Å²) in [6, 6.07) is 13.3. The van der Waals surface area contributed by atoms with Crippen molar-refractivity contribution < 1.29 is 23.7 Å². The van der Waals surface area contributed by atoms with Crippen LogP contribution in [0.2, 0.25) is 0 Å². The highest BCUT2D eigenvalue weighted by Crippen LogP contribution is 2.64. The zero-order valence-corrected chi connectivity index (χ0v) is 54.4. The normalized spacial score (nSPS) is 30.2. The molecule has 12 aliphatic rings. The first-order chi connectivity index (χ1) is 41.0. The zero-order chi connectivity index (χ0) is 58.6. The average molecular weight is 1160 g/mol. The molecule has 4 saturated carbocycles. The molecule has 6 unspecified atom stereocenters. The highest BCUT2D eigenvalue weighted by molar-refractivity contribution is 5.42. The minimum absolute atomic E-state index is 0. The van der Waals surface area contributed by atoms with Gasteiger partial charge in [0.05, 0.1) is 52.8 Å². The molecular weight excluding hydrogens is 1040 g/mol. The van der Waals surface area contributed by atoms with Gasteiger partial charge in [0.2, 0.25) is 0 Å². The van der Waals surface area contributed by atoms with Gasteiger partial charge in [0, 0.05) is 19.3 Å². The molecule has 0 heterocycles. The van der Waals surface area contributed by atoms with E-state index in [1.807, 2.05) is 18.3 Å². The number of benzene rings is 2. The molecule has 0 spiro atoms. The number of rotatable bonds is 9. The molecule has 5 nitrogen and oxygen atoms in total. The Hall–Kier alpha value is -4.64. The molecule has 0 bridgehead atoms. The summed E-state index contributed by atoms with van der Waals surface area (Å²) in [4.78, 5) is 0. The van der Waals surface area contributed by atoms with Crippen LogP contribution in [0.15, 0.2) is 129 Å². The molecule has 0 saturated heterocycles. The number of hydrogen-bond acceptors (Lipinski definition) is 5. The molecule has 12 aliphatic carbocycles. The smallest absolute Gasteiger partial charge is 0.119 e. The molecule has 0 radical (unpaired) electrons. The van der Waals surface area contributed by atoms with Crippen LogP contribution in [-0.4, -0.2) is 35.5 Å². The summed E-state index contributed by atoms with van der Waals surface area (Å²) in [5.74, 6) is 11.0. The maximum absolute atomic E-state index is 5.53. The van der Waals surface area contributed by atoms with Gasteiger partial charge in [-0.25, -0.2) is 0 Å². The molecule has 0 N–H and O–H groups in total. The third kappa shape index (κ3) is 14.8. The van der Waals surface area contributed by atoms with E-state index in [0.717, 1.165) is 79.1 Å². The summed E-state index contributed by atoms with van der Waals surface area (Å²) in [6.45, 7) is 9.81. The number of methoxy groups -OCH3 is 5. The molecule has 8 atom stereocenters. The molecule has 2 aromatic carbocycles. The van der Waals surface area contributed by atoms with Crippen molar-refractivity contribution in [3.05, 3.63) is 151 Å². The van der Waals surface area contributed by atoms with Gasteiger partial charge in [-0.2, -0.15) is 0 Å². The topological polar surface area (TPSA) is 46.2 Å². The van der Waals surface area contributed by atoms with E-state index in [-0.39, 0.29) is 7.43 Å². The summed E-state index contributed by atoms with van der Waals surface area (Å²) in [7, 11) is 8.89. The molecule has 2 aromatic rings. The van der Waals surface area contributed by atoms with Crippen molar-refractivity contribution in [2.75, 3.05) is 35.5 Å². The quantitative estimate of drug-likeness (QED) is 0.234. The number of aryl methyl sites for hydroxylation is 3. The summed E-state index contributed by atoms with van der Waals surface area (Å²) in [5.41, 5.74) is 21.1. The van der Waals surface area contributed by atoms with Gasteiger partial charge in [0.1, 0.15) is 11.5 Å². The molecular formula is C80H116O5. The second kappa shape index (κ2) is 30.5. The van der Waals surface area contributed by atoms with Crippen molar-refractivity contribution in [3.8, 4) is 11.5 Å². The predicted molar refractivity (Wildman–Crippen MR) is 357 cm³/mol. The minimum Gasteiger partial charge on any atom is -0.501 e. The number of allylic oxidation sites excluding steroid dienone is 13. The SMILES string of the molecule is C.CCC/C=C1/CCC2C3CCC4=C(CC=C(OC)C4)C3CC[C@]12C.CCC/C=C1/CCC2C3CCc4cc(OC)ccc4C3CC[C@]12C.COC1=CCC2=C(CCCC2)C1.COC1=CCC2=C(CCCC2)C1.COc1ccc2c(c1)CCCC2. The lowest BCUT2D eigenvalue weighted by molar-refractivity contribution is 0.0615. The van der Waals surface area contributed by atoms with Crippen molar-refractivity contribution in [2.45, 2.75) is 259 Å². The molecule has 0 amide bonds. The maximum Gasteiger partial charge on any atom is 0.119 e. The Morgan fingerprint density at radius 1 is 0.435 bits per heavy atom. The van der Waals surface area contributed by atoms with Gasteiger partial charge in [0.25, 0.3) is 0 Å². The summed E-state index contributed by atoms with van der Waals surface area (Å²) in [5, 5.41) is 0. The van der Waals surface area contributed by atoms with Crippen LogP contribution in [0.3, 0.4) is 0 Å². The van der Waals surface area contributed by atoms with Crippen molar-refractivity contribution in [1.82, 2.24) is 0 Å². The maximum atomic E-state index is 5.53. The van der Waals surface area contributed by atoms with Crippen LogP contribution in [0.5, 0.6) is 11.5 Å². The first kappa shape index (κ1) is 64.8. The van der Waals surface area contributed by atoms with Crippen LogP contribution < -0.4 is 9.47 Å². The van der Waals surface area contributed by atoms with Crippen LogP contribution in [0.1, 0.15) is 262 Å². The number of fused-ring (bicyclic) bond motifs is 10. The monoisotopic (exact) mass is 1160 g/mol. The molecule has 14 rings (SSSR count). The Morgan fingerprint density at radius 2 is 0.894 bits per heavy atom. The highest BCUT2D eigenvalue weighted by Gasteiger charge is 2.54.